The van der Waals surface area contributed by atoms with Crippen LogP contribution in [0.5, 0.6) is 0 Å². The van der Waals surface area contributed by atoms with Gasteiger partial charge < -0.3 is 19.8 Å². The summed E-state index contributed by atoms with van der Waals surface area (Å²) in [6, 6.07) is 5.53. The number of halogens is 1. The van der Waals surface area contributed by atoms with E-state index in [9.17, 15) is 14.9 Å². The van der Waals surface area contributed by atoms with E-state index in [-0.39, 0.29) is 0 Å². The summed E-state index contributed by atoms with van der Waals surface area (Å²) in [4.78, 5) is 26.9. The van der Waals surface area contributed by atoms with Gasteiger partial charge in [0.1, 0.15) is 11.3 Å². The van der Waals surface area contributed by atoms with E-state index in [1.165, 1.54) is 7.11 Å². The van der Waals surface area contributed by atoms with Gasteiger partial charge in [0.25, 0.3) is 0 Å². The number of nitriles is 1. The molecule has 0 radical (unpaired) electrons. The van der Waals surface area contributed by atoms with Gasteiger partial charge in [0, 0.05) is 16.4 Å². The molecular formula is C19H22BrN3O4. The maximum Gasteiger partial charge on any atom is 0.407 e. The fraction of sp³-hybridized carbons (Fsp3) is 0.421. The topological polar surface area (TPSA) is 104 Å². The summed E-state index contributed by atoms with van der Waals surface area (Å²) in [6.45, 7) is 5.78. The molecule has 2 rings (SSSR count). The number of rotatable bonds is 5. The number of nitrogens with one attached hydrogen (secondary N) is 2. The van der Waals surface area contributed by atoms with Crippen molar-refractivity contribution in [1.29, 1.82) is 5.26 Å². The Morgan fingerprint density at radius 2 is 2.04 bits per heavy atom. The fourth-order valence-electron chi connectivity index (χ4n) is 2.68. The van der Waals surface area contributed by atoms with E-state index >= 15 is 0 Å². The van der Waals surface area contributed by atoms with Gasteiger partial charge in [-0.2, -0.15) is 5.26 Å². The first-order valence-corrected chi connectivity index (χ1v) is 9.25. The standard InChI is InChI=1S/C19H22BrN3O4/c1-19(2,3)27-18(25)22-7-5-6-12-13-8-11(10-21)9-14(20)15(13)23-16(12)17(24)26-4/h8-9,23H,5-7H2,1-4H3,(H,22,25). The molecule has 0 saturated carbocycles. The minimum absolute atomic E-state index is 0.348. The van der Waals surface area contributed by atoms with Crippen LogP contribution in [0.2, 0.25) is 0 Å². The Bertz CT molecular complexity index is 906. The number of benzene rings is 1. The summed E-state index contributed by atoms with van der Waals surface area (Å²) >= 11 is 3.43. The van der Waals surface area contributed by atoms with Crippen molar-refractivity contribution in [3.8, 4) is 6.07 Å². The molecule has 0 aliphatic rings. The Morgan fingerprint density at radius 1 is 1.33 bits per heavy atom. The average Bonchev–Trinajstić information content (AvgIpc) is 2.95. The van der Waals surface area contributed by atoms with Crippen LogP contribution in [0.3, 0.4) is 0 Å². The van der Waals surface area contributed by atoms with Crippen molar-refractivity contribution in [2.24, 2.45) is 0 Å². The number of hydrogen-bond acceptors (Lipinski definition) is 5. The molecule has 144 valence electrons. The number of aromatic nitrogens is 1. The quantitative estimate of drug-likeness (QED) is 0.544. The van der Waals surface area contributed by atoms with Gasteiger partial charge in [-0.3, -0.25) is 0 Å². The summed E-state index contributed by atoms with van der Waals surface area (Å²) in [5.41, 5.74) is 1.75. The zero-order valence-electron chi connectivity index (χ0n) is 15.7. The van der Waals surface area contributed by atoms with E-state index in [0.29, 0.717) is 35.1 Å². The zero-order valence-corrected chi connectivity index (χ0v) is 17.3. The number of amides is 1. The monoisotopic (exact) mass is 435 g/mol. The summed E-state index contributed by atoms with van der Waals surface area (Å²) in [5, 5.41) is 12.7. The molecule has 1 aromatic heterocycles. The lowest BCUT2D eigenvalue weighted by Gasteiger charge is -2.19. The first-order chi connectivity index (χ1) is 12.7. The van der Waals surface area contributed by atoms with Crippen molar-refractivity contribution < 1.29 is 19.1 Å². The Balaban J connectivity index is 2.20. The van der Waals surface area contributed by atoms with Gasteiger partial charge in [0.05, 0.1) is 24.3 Å². The van der Waals surface area contributed by atoms with Gasteiger partial charge in [0.15, 0.2) is 0 Å². The van der Waals surface area contributed by atoms with Crippen LogP contribution < -0.4 is 5.32 Å². The van der Waals surface area contributed by atoms with Crippen LogP contribution in [-0.2, 0) is 15.9 Å². The highest BCUT2D eigenvalue weighted by atomic mass is 79.9. The van der Waals surface area contributed by atoms with Crippen LogP contribution in [0.15, 0.2) is 16.6 Å². The second-order valence-corrected chi connectivity index (χ2v) is 7.85. The molecule has 0 spiro atoms. The molecule has 0 aliphatic heterocycles. The second-order valence-electron chi connectivity index (χ2n) is 6.99. The van der Waals surface area contributed by atoms with Crippen LogP contribution >= 0.6 is 15.9 Å². The highest BCUT2D eigenvalue weighted by Crippen LogP contribution is 2.31. The van der Waals surface area contributed by atoms with Crippen LogP contribution in [0.25, 0.3) is 10.9 Å². The van der Waals surface area contributed by atoms with Crippen molar-refractivity contribution in [3.05, 3.63) is 33.4 Å². The van der Waals surface area contributed by atoms with Gasteiger partial charge in [0.2, 0.25) is 0 Å². The van der Waals surface area contributed by atoms with E-state index in [2.05, 4.69) is 32.3 Å². The van der Waals surface area contributed by atoms with Gasteiger partial charge in [-0.15, -0.1) is 0 Å². The van der Waals surface area contributed by atoms with Crippen molar-refractivity contribution in [3.63, 3.8) is 0 Å². The summed E-state index contributed by atoms with van der Waals surface area (Å²) in [6.07, 6.45) is 0.621. The Labute approximate surface area is 166 Å². The third-order valence-corrected chi connectivity index (χ3v) is 4.38. The van der Waals surface area contributed by atoms with Crippen LogP contribution in [0.1, 0.15) is 48.8 Å². The fourth-order valence-corrected chi connectivity index (χ4v) is 3.24. The Kier molecular flexibility index (Phi) is 6.50. The Hall–Kier alpha value is -2.53. The molecule has 2 N–H and O–H groups in total. The maximum absolute atomic E-state index is 12.1. The second kappa shape index (κ2) is 8.44. The molecular weight excluding hydrogens is 414 g/mol. The molecule has 2 aromatic rings. The van der Waals surface area contributed by atoms with E-state index in [1.54, 1.807) is 32.9 Å². The molecule has 0 atom stereocenters. The molecule has 0 saturated heterocycles. The molecule has 1 aromatic carbocycles. The number of carbonyl (C=O) groups is 2. The van der Waals surface area contributed by atoms with E-state index < -0.39 is 17.7 Å². The first-order valence-electron chi connectivity index (χ1n) is 8.45. The first kappa shape index (κ1) is 20.8. The number of aromatic amines is 1. The minimum Gasteiger partial charge on any atom is -0.464 e. The molecule has 1 heterocycles. The third kappa shape index (κ3) is 5.23. The zero-order chi connectivity index (χ0) is 20.2. The summed E-state index contributed by atoms with van der Waals surface area (Å²) in [7, 11) is 1.32. The number of carbonyl (C=O) groups excluding carboxylic acids is 2. The highest BCUT2D eigenvalue weighted by molar-refractivity contribution is 9.10. The molecule has 0 unspecified atom stereocenters. The highest BCUT2D eigenvalue weighted by Gasteiger charge is 2.20. The lowest BCUT2D eigenvalue weighted by atomic mass is 10.0. The van der Waals surface area contributed by atoms with E-state index in [4.69, 9.17) is 9.47 Å². The Morgan fingerprint density at radius 3 is 2.63 bits per heavy atom. The summed E-state index contributed by atoms with van der Waals surface area (Å²) in [5.74, 6) is -0.480. The number of alkyl carbamates (subject to hydrolysis) is 1. The van der Waals surface area contributed by atoms with Crippen molar-refractivity contribution >= 4 is 38.9 Å². The number of methoxy groups -OCH3 is 1. The lowest BCUT2D eigenvalue weighted by Crippen LogP contribution is -2.33. The van der Waals surface area contributed by atoms with Gasteiger partial charge in [-0.1, -0.05) is 0 Å². The van der Waals surface area contributed by atoms with E-state index in [1.807, 2.05) is 0 Å². The van der Waals surface area contributed by atoms with Crippen LogP contribution in [-0.4, -0.2) is 36.3 Å². The van der Waals surface area contributed by atoms with Crippen molar-refractivity contribution in [2.45, 2.75) is 39.2 Å². The predicted molar refractivity (Wildman–Crippen MR) is 105 cm³/mol. The third-order valence-electron chi connectivity index (χ3n) is 3.76. The normalized spacial score (nSPS) is 11.1. The largest absolute Gasteiger partial charge is 0.464 e. The SMILES string of the molecule is COC(=O)c1[nH]c2c(Br)cc(C#N)cc2c1CCCNC(=O)OC(C)(C)C. The molecule has 0 fully saturated rings. The molecule has 0 aliphatic carbocycles. The molecule has 7 nitrogen and oxygen atoms in total. The van der Waals surface area contributed by atoms with E-state index in [0.717, 1.165) is 16.5 Å². The number of H-pyrrole nitrogens is 1. The number of aryl methyl sites for hydroxylation is 1. The minimum atomic E-state index is -0.557. The number of esters is 1. The molecule has 1 amide bonds. The van der Waals surface area contributed by atoms with Gasteiger partial charge in [-0.05, 0) is 67.2 Å². The van der Waals surface area contributed by atoms with Crippen molar-refractivity contribution in [1.82, 2.24) is 10.3 Å². The number of ether oxygens (including phenoxy) is 2. The number of fused-ring (bicyclic) bond motifs is 1. The number of hydrogen-bond donors (Lipinski definition) is 2. The molecule has 0 bridgehead atoms. The van der Waals surface area contributed by atoms with Crippen LogP contribution in [0, 0.1) is 11.3 Å². The predicted octanol–water partition coefficient (Wildman–Crippen LogP) is 4.05. The van der Waals surface area contributed by atoms with Crippen molar-refractivity contribution in [2.75, 3.05) is 13.7 Å². The summed E-state index contributed by atoms with van der Waals surface area (Å²) < 4.78 is 10.8. The van der Waals surface area contributed by atoms with Gasteiger partial charge in [-0.25, -0.2) is 9.59 Å². The lowest BCUT2D eigenvalue weighted by molar-refractivity contribution is 0.0525. The molecule has 27 heavy (non-hydrogen) atoms. The number of nitrogens with zero attached hydrogens (tertiary/aromatic N) is 1. The molecule has 8 heteroatoms. The van der Waals surface area contributed by atoms with Gasteiger partial charge >= 0.3 is 12.1 Å². The maximum atomic E-state index is 12.1. The average molecular weight is 436 g/mol. The van der Waals surface area contributed by atoms with Crippen LogP contribution in [0.4, 0.5) is 4.79 Å². The smallest absolute Gasteiger partial charge is 0.407 e.